The van der Waals surface area contributed by atoms with E-state index in [4.69, 9.17) is 0 Å². The van der Waals surface area contributed by atoms with Crippen molar-refractivity contribution in [1.29, 1.82) is 0 Å². The maximum atomic E-state index is 10.8. The van der Waals surface area contributed by atoms with Crippen molar-refractivity contribution >= 4 is 17.0 Å². The molecule has 2 aromatic rings. The topological polar surface area (TPSA) is 68.1 Å². The molecule has 6 heteroatoms. The minimum atomic E-state index is -0.364. The van der Waals surface area contributed by atoms with E-state index in [1.165, 1.54) is 6.07 Å². The van der Waals surface area contributed by atoms with Gasteiger partial charge in [0.25, 0.3) is 5.69 Å². The monoisotopic (exact) mass is 277 g/mol. The molecule has 0 fully saturated rings. The minimum absolute atomic E-state index is 0.0987. The molecule has 0 saturated carbocycles. The van der Waals surface area contributed by atoms with Crippen LogP contribution >= 0.6 is 11.3 Å². The van der Waals surface area contributed by atoms with Crippen LogP contribution in [0.2, 0.25) is 0 Å². The van der Waals surface area contributed by atoms with E-state index in [0.717, 1.165) is 17.7 Å². The smallest absolute Gasteiger partial charge is 0.269 e. The van der Waals surface area contributed by atoms with E-state index in [9.17, 15) is 10.1 Å². The van der Waals surface area contributed by atoms with Crippen molar-refractivity contribution in [3.63, 3.8) is 0 Å². The predicted octanol–water partition coefficient (Wildman–Crippen LogP) is 3.29. The first-order chi connectivity index (χ1) is 9.20. The van der Waals surface area contributed by atoms with Crippen LogP contribution in [0, 0.1) is 10.1 Å². The van der Waals surface area contributed by atoms with Crippen molar-refractivity contribution in [2.24, 2.45) is 0 Å². The second kappa shape index (κ2) is 6.40. The Labute approximate surface area is 115 Å². The van der Waals surface area contributed by atoms with Crippen molar-refractivity contribution < 1.29 is 4.92 Å². The van der Waals surface area contributed by atoms with E-state index in [2.05, 4.69) is 17.2 Å². The Bertz CT molecular complexity index is 543. The number of hydrogen-bond donors (Lipinski definition) is 1. The van der Waals surface area contributed by atoms with E-state index in [0.29, 0.717) is 6.54 Å². The SMILES string of the molecule is CCC(NCc1cscn1)c1cccc([N+](=O)[O-])c1. The van der Waals surface area contributed by atoms with E-state index in [1.807, 2.05) is 11.4 Å². The van der Waals surface area contributed by atoms with E-state index in [-0.39, 0.29) is 16.7 Å². The quantitative estimate of drug-likeness (QED) is 0.650. The molecule has 1 aromatic heterocycles. The van der Waals surface area contributed by atoms with Crippen molar-refractivity contribution in [1.82, 2.24) is 10.3 Å². The van der Waals surface area contributed by atoms with Crippen molar-refractivity contribution in [3.8, 4) is 0 Å². The van der Waals surface area contributed by atoms with Gasteiger partial charge in [-0.25, -0.2) is 4.98 Å². The lowest BCUT2D eigenvalue weighted by atomic mass is 10.0. The van der Waals surface area contributed by atoms with Gasteiger partial charge in [-0.2, -0.15) is 0 Å². The summed E-state index contributed by atoms with van der Waals surface area (Å²) < 4.78 is 0. The Morgan fingerprint density at radius 2 is 2.37 bits per heavy atom. The number of nitrogens with zero attached hydrogens (tertiary/aromatic N) is 2. The van der Waals surface area contributed by atoms with Crippen LogP contribution in [-0.2, 0) is 6.54 Å². The summed E-state index contributed by atoms with van der Waals surface area (Å²) in [6.07, 6.45) is 0.866. The molecule has 1 aromatic carbocycles. The third kappa shape index (κ3) is 3.59. The number of nitro benzene ring substituents is 1. The van der Waals surface area contributed by atoms with Crippen LogP contribution in [0.1, 0.15) is 30.6 Å². The third-order valence-corrected chi connectivity index (χ3v) is 3.54. The molecule has 1 heterocycles. The van der Waals surface area contributed by atoms with Gasteiger partial charge in [-0.05, 0) is 12.0 Å². The van der Waals surface area contributed by atoms with Gasteiger partial charge in [-0.3, -0.25) is 10.1 Å². The zero-order valence-electron chi connectivity index (χ0n) is 10.6. The summed E-state index contributed by atoms with van der Waals surface area (Å²) in [7, 11) is 0. The number of nitro groups is 1. The molecular formula is C13H15N3O2S. The summed E-state index contributed by atoms with van der Waals surface area (Å²) in [4.78, 5) is 14.6. The molecule has 5 nitrogen and oxygen atoms in total. The van der Waals surface area contributed by atoms with Crippen LogP contribution in [-0.4, -0.2) is 9.91 Å². The Morgan fingerprint density at radius 1 is 1.53 bits per heavy atom. The zero-order valence-corrected chi connectivity index (χ0v) is 11.4. The van der Waals surface area contributed by atoms with Crippen molar-refractivity contribution in [3.05, 3.63) is 56.5 Å². The first-order valence-corrected chi connectivity index (χ1v) is 6.99. The van der Waals surface area contributed by atoms with Crippen LogP contribution in [0.15, 0.2) is 35.2 Å². The number of benzene rings is 1. The fourth-order valence-corrected chi connectivity index (χ4v) is 2.46. The first-order valence-electron chi connectivity index (χ1n) is 6.05. The Balaban J connectivity index is 2.08. The Kier molecular flexibility index (Phi) is 4.59. The summed E-state index contributed by atoms with van der Waals surface area (Å²) in [5, 5.41) is 16.2. The van der Waals surface area contributed by atoms with E-state index in [1.54, 1.807) is 29.0 Å². The number of nitrogens with one attached hydrogen (secondary N) is 1. The van der Waals surface area contributed by atoms with E-state index < -0.39 is 0 Å². The van der Waals surface area contributed by atoms with Gasteiger partial charge in [-0.15, -0.1) is 11.3 Å². The van der Waals surface area contributed by atoms with Crippen LogP contribution in [0.5, 0.6) is 0 Å². The molecule has 0 amide bonds. The molecule has 0 bridgehead atoms. The largest absolute Gasteiger partial charge is 0.304 e. The second-order valence-corrected chi connectivity index (χ2v) is 4.89. The molecule has 0 aliphatic rings. The lowest BCUT2D eigenvalue weighted by molar-refractivity contribution is -0.384. The highest BCUT2D eigenvalue weighted by Crippen LogP contribution is 2.21. The van der Waals surface area contributed by atoms with Gasteiger partial charge in [0.2, 0.25) is 0 Å². The van der Waals surface area contributed by atoms with Gasteiger partial charge in [-0.1, -0.05) is 19.1 Å². The average molecular weight is 277 g/mol. The molecule has 0 radical (unpaired) electrons. The molecule has 1 N–H and O–H groups in total. The number of thiazole rings is 1. The zero-order chi connectivity index (χ0) is 13.7. The number of hydrogen-bond acceptors (Lipinski definition) is 5. The fourth-order valence-electron chi connectivity index (χ4n) is 1.91. The summed E-state index contributed by atoms with van der Waals surface area (Å²) in [6.45, 7) is 2.72. The summed E-state index contributed by atoms with van der Waals surface area (Å²) >= 11 is 1.56. The molecular weight excluding hydrogens is 262 g/mol. The van der Waals surface area contributed by atoms with Gasteiger partial charge < -0.3 is 5.32 Å². The number of rotatable bonds is 6. The van der Waals surface area contributed by atoms with E-state index >= 15 is 0 Å². The van der Waals surface area contributed by atoms with Gasteiger partial charge in [0.15, 0.2) is 0 Å². The van der Waals surface area contributed by atoms with Crippen LogP contribution in [0.25, 0.3) is 0 Å². The number of non-ortho nitro benzene ring substituents is 1. The van der Waals surface area contributed by atoms with Gasteiger partial charge >= 0.3 is 0 Å². The summed E-state index contributed by atoms with van der Waals surface area (Å²) in [5.41, 5.74) is 3.86. The summed E-state index contributed by atoms with van der Waals surface area (Å²) in [6, 6.07) is 6.87. The average Bonchev–Trinajstić information content (AvgIpc) is 2.93. The predicted molar refractivity (Wildman–Crippen MR) is 75.1 cm³/mol. The third-order valence-electron chi connectivity index (χ3n) is 2.90. The highest BCUT2D eigenvalue weighted by atomic mass is 32.1. The van der Waals surface area contributed by atoms with Crippen LogP contribution in [0.4, 0.5) is 5.69 Å². The normalized spacial score (nSPS) is 12.3. The molecule has 1 unspecified atom stereocenters. The van der Waals surface area contributed by atoms with Gasteiger partial charge in [0, 0.05) is 30.1 Å². The van der Waals surface area contributed by atoms with Crippen LogP contribution < -0.4 is 5.32 Å². The lowest BCUT2D eigenvalue weighted by Gasteiger charge is -2.16. The Hall–Kier alpha value is -1.79. The first kappa shape index (κ1) is 13.6. The van der Waals surface area contributed by atoms with Crippen molar-refractivity contribution in [2.45, 2.75) is 25.9 Å². The molecule has 0 spiro atoms. The Morgan fingerprint density at radius 3 is 3.00 bits per heavy atom. The molecule has 19 heavy (non-hydrogen) atoms. The van der Waals surface area contributed by atoms with Gasteiger partial charge in [0.05, 0.1) is 16.1 Å². The number of aromatic nitrogens is 1. The molecule has 2 rings (SSSR count). The van der Waals surface area contributed by atoms with Crippen molar-refractivity contribution in [2.75, 3.05) is 0 Å². The highest BCUT2D eigenvalue weighted by molar-refractivity contribution is 7.07. The van der Waals surface area contributed by atoms with Gasteiger partial charge in [0.1, 0.15) is 0 Å². The highest BCUT2D eigenvalue weighted by Gasteiger charge is 2.13. The maximum absolute atomic E-state index is 10.8. The fraction of sp³-hybridized carbons (Fsp3) is 0.308. The second-order valence-electron chi connectivity index (χ2n) is 4.17. The standard InChI is InChI=1S/C13H15N3O2S/c1-2-13(14-7-11-8-19-9-15-11)10-4-3-5-12(6-10)16(17)18/h3-6,8-9,13-14H,2,7H2,1H3. The molecule has 0 aliphatic heterocycles. The molecule has 0 aliphatic carbocycles. The summed E-state index contributed by atoms with van der Waals surface area (Å²) in [5.74, 6) is 0. The molecule has 1 atom stereocenters. The maximum Gasteiger partial charge on any atom is 0.269 e. The van der Waals surface area contributed by atoms with Crippen LogP contribution in [0.3, 0.4) is 0 Å². The lowest BCUT2D eigenvalue weighted by Crippen LogP contribution is -2.20. The minimum Gasteiger partial charge on any atom is -0.304 e. The molecule has 0 saturated heterocycles. The molecule has 100 valence electrons.